The SMILES string of the molecule is CCS(=O)(=O)c1ccc(CNc2nc3cnc(-c4c(OC)ccc5ncccc45)nc3n(C(C)C)c2=O)nc1. The zero-order valence-corrected chi connectivity index (χ0v) is 22.7. The Hall–Kier alpha value is -4.45. The van der Waals surface area contributed by atoms with Crippen molar-refractivity contribution >= 4 is 37.7 Å². The van der Waals surface area contributed by atoms with E-state index in [1.54, 1.807) is 37.1 Å². The number of sulfone groups is 1. The van der Waals surface area contributed by atoms with Gasteiger partial charge >= 0.3 is 0 Å². The van der Waals surface area contributed by atoms with Gasteiger partial charge < -0.3 is 10.1 Å². The van der Waals surface area contributed by atoms with E-state index in [1.165, 1.54) is 12.3 Å². The molecule has 0 saturated heterocycles. The van der Waals surface area contributed by atoms with Crippen LogP contribution in [0.5, 0.6) is 5.75 Å². The lowest BCUT2D eigenvalue weighted by molar-refractivity contribution is 0.416. The number of pyridine rings is 2. The zero-order chi connectivity index (χ0) is 27.7. The first kappa shape index (κ1) is 26.2. The van der Waals surface area contributed by atoms with Crippen LogP contribution in [0.3, 0.4) is 0 Å². The molecule has 0 saturated carbocycles. The van der Waals surface area contributed by atoms with Crippen molar-refractivity contribution in [3.63, 3.8) is 0 Å². The van der Waals surface area contributed by atoms with Gasteiger partial charge in [-0.3, -0.25) is 19.3 Å². The van der Waals surface area contributed by atoms with E-state index in [4.69, 9.17) is 9.72 Å². The molecule has 0 fully saturated rings. The fraction of sp³-hybridized carbons (Fsp3) is 0.259. The third-order valence-electron chi connectivity index (χ3n) is 6.31. The summed E-state index contributed by atoms with van der Waals surface area (Å²) in [4.78, 5) is 36.1. The van der Waals surface area contributed by atoms with Gasteiger partial charge in [0.25, 0.3) is 5.56 Å². The van der Waals surface area contributed by atoms with Crippen molar-refractivity contribution in [3.05, 3.63) is 71.0 Å². The third-order valence-corrected chi connectivity index (χ3v) is 8.03. The lowest BCUT2D eigenvalue weighted by Gasteiger charge is -2.16. The monoisotopic (exact) mass is 545 g/mol. The molecule has 4 aromatic heterocycles. The van der Waals surface area contributed by atoms with E-state index >= 15 is 0 Å². The minimum atomic E-state index is -3.34. The Morgan fingerprint density at radius 3 is 2.51 bits per heavy atom. The molecule has 0 radical (unpaired) electrons. The number of methoxy groups -OCH3 is 1. The summed E-state index contributed by atoms with van der Waals surface area (Å²) in [5.41, 5.74) is 2.48. The van der Waals surface area contributed by atoms with E-state index in [1.807, 2.05) is 38.1 Å². The second-order valence-corrected chi connectivity index (χ2v) is 11.4. The normalized spacial score (nSPS) is 11.8. The fourth-order valence-corrected chi connectivity index (χ4v) is 5.11. The summed E-state index contributed by atoms with van der Waals surface area (Å²) in [6, 6.07) is 10.3. The predicted octanol–water partition coefficient (Wildman–Crippen LogP) is 3.79. The van der Waals surface area contributed by atoms with Crippen LogP contribution in [0.15, 0.2) is 64.7 Å². The Labute approximate surface area is 224 Å². The van der Waals surface area contributed by atoms with Crippen LogP contribution in [0.1, 0.15) is 32.5 Å². The Balaban J connectivity index is 1.55. The molecular weight excluding hydrogens is 518 g/mol. The molecule has 39 heavy (non-hydrogen) atoms. The van der Waals surface area contributed by atoms with Crippen molar-refractivity contribution in [3.8, 4) is 17.1 Å². The summed E-state index contributed by atoms with van der Waals surface area (Å²) in [5.74, 6) is 1.09. The maximum atomic E-state index is 13.5. The fourth-order valence-electron chi connectivity index (χ4n) is 4.29. The van der Waals surface area contributed by atoms with Crippen LogP contribution in [-0.2, 0) is 16.4 Å². The number of rotatable bonds is 8. The quantitative estimate of drug-likeness (QED) is 0.306. The molecule has 5 rings (SSSR count). The first-order chi connectivity index (χ1) is 18.7. The minimum Gasteiger partial charge on any atom is -0.496 e. The molecule has 12 heteroatoms. The van der Waals surface area contributed by atoms with Gasteiger partial charge in [-0.1, -0.05) is 13.0 Å². The topological polar surface area (TPSA) is 142 Å². The van der Waals surface area contributed by atoms with Crippen LogP contribution in [0.25, 0.3) is 33.5 Å². The molecule has 0 bridgehead atoms. The largest absolute Gasteiger partial charge is 0.496 e. The van der Waals surface area contributed by atoms with Gasteiger partial charge in [-0.2, -0.15) is 0 Å². The van der Waals surface area contributed by atoms with Crippen molar-refractivity contribution in [2.75, 3.05) is 18.2 Å². The van der Waals surface area contributed by atoms with Crippen LogP contribution in [0.4, 0.5) is 5.82 Å². The molecule has 0 spiro atoms. The van der Waals surface area contributed by atoms with E-state index in [-0.39, 0.29) is 34.6 Å². The van der Waals surface area contributed by atoms with Crippen molar-refractivity contribution in [1.82, 2.24) is 29.5 Å². The first-order valence-electron chi connectivity index (χ1n) is 12.4. The highest BCUT2D eigenvalue weighted by atomic mass is 32.2. The van der Waals surface area contributed by atoms with Crippen molar-refractivity contribution in [2.24, 2.45) is 0 Å². The highest BCUT2D eigenvalue weighted by Gasteiger charge is 2.19. The highest BCUT2D eigenvalue weighted by molar-refractivity contribution is 7.91. The van der Waals surface area contributed by atoms with Gasteiger partial charge in [-0.05, 0) is 44.2 Å². The van der Waals surface area contributed by atoms with Gasteiger partial charge in [0.15, 0.2) is 27.1 Å². The summed E-state index contributed by atoms with van der Waals surface area (Å²) in [6.45, 7) is 5.54. The molecule has 0 aliphatic carbocycles. The summed E-state index contributed by atoms with van der Waals surface area (Å²) in [6.07, 6.45) is 4.62. The predicted molar refractivity (Wildman–Crippen MR) is 149 cm³/mol. The Bertz CT molecular complexity index is 1850. The maximum Gasteiger partial charge on any atom is 0.295 e. The number of aromatic nitrogens is 6. The van der Waals surface area contributed by atoms with Gasteiger partial charge in [0.1, 0.15) is 11.3 Å². The standard InChI is InChI=1S/C27H27N7O4S/c1-5-39(36,37)18-9-8-17(29-14-18)13-30-25-27(35)34(16(2)3)26-21(32-25)15-31-24(33-26)23-19-7-6-12-28-20(19)10-11-22(23)38-4/h6-12,14-16H,5,13H2,1-4H3,(H,30,32). The number of nitrogens with one attached hydrogen (secondary N) is 1. The summed E-state index contributed by atoms with van der Waals surface area (Å²) in [7, 11) is -1.76. The van der Waals surface area contributed by atoms with E-state index < -0.39 is 9.84 Å². The number of benzene rings is 1. The van der Waals surface area contributed by atoms with E-state index in [0.717, 1.165) is 10.9 Å². The smallest absolute Gasteiger partial charge is 0.295 e. The van der Waals surface area contributed by atoms with Crippen LogP contribution in [0.2, 0.25) is 0 Å². The van der Waals surface area contributed by atoms with Crippen molar-refractivity contribution < 1.29 is 13.2 Å². The first-order valence-corrected chi connectivity index (χ1v) is 14.0. The average Bonchev–Trinajstić information content (AvgIpc) is 2.95. The van der Waals surface area contributed by atoms with Crippen LogP contribution >= 0.6 is 0 Å². The molecule has 200 valence electrons. The summed E-state index contributed by atoms with van der Waals surface area (Å²) in [5, 5.41) is 3.86. The van der Waals surface area contributed by atoms with Crippen LogP contribution in [0, 0.1) is 0 Å². The minimum absolute atomic E-state index is 0.00399. The Morgan fingerprint density at radius 2 is 1.82 bits per heavy atom. The molecule has 0 amide bonds. The number of hydrogen-bond acceptors (Lipinski definition) is 10. The van der Waals surface area contributed by atoms with Gasteiger partial charge in [0.05, 0.1) is 47.3 Å². The molecular formula is C27H27N7O4S. The summed E-state index contributed by atoms with van der Waals surface area (Å²) < 4.78 is 31.3. The lowest BCUT2D eigenvalue weighted by atomic mass is 10.1. The number of ether oxygens (including phenoxy) is 1. The molecule has 0 unspecified atom stereocenters. The maximum absolute atomic E-state index is 13.5. The number of fused-ring (bicyclic) bond motifs is 2. The van der Waals surface area contributed by atoms with E-state index in [9.17, 15) is 13.2 Å². The van der Waals surface area contributed by atoms with E-state index in [0.29, 0.717) is 34.0 Å². The van der Waals surface area contributed by atoms with Gasteiger partial charge in [-0.15, -0.1) is 0 Å². The average molecular weight is 546 g/mol. The molecule has 11 nitrogen and oxygen atoms in total. The van der Waals surface area contributed by atoms with Crippen LogP contribution in [-0.4, -0.2) is 50.8 Å². The third kappa shape index (κ3) is 4.90. The molecule has 0 atom stereocenters. The highest BCUT2D eigenvalue weighted by Crippen LogP contribution is 2.35. The Morgan fingerprint density at radius 1 is 1.00 bits per heavy atom. The number of nitrogens with zero attached hydrogens (tertiary/aromatic N) is 6. The Kier molecular flexibility index (Phi) is 6.96. The molecule has 4 heterocycles. The van der Waals surface area contributed by atoms with Crippen molar-refractivity contribution in [1.29, 1.82) is 0 Å². The van der Waals surface area contributed by atoms with Crippen LogP contribution < -0.4 is 15.6 Å². The second-order valence-electron chi connectivity index (χ2n) is 9.09. The summed E-state index contributed by atoms with van der Waals surface area (Å²) >= 11 is 0. The molecule has 1 N–H and O–H groups in total. The van der Waals surface area contributed by atoms with Gasteiger partial charge in [0.2, 0.25) is 0 Å². The molecule has 5 aromatic rings. The zero-order valence-electron chi connectivity index (χ0n) is 21.9. The second kappa shape index (κ2) is 10.4. The number of anilines is 1. The van der Waals surface area contributed by atoms with Gasteiger partial charge in [0, 0.05) is 23.8 Å². The lowest BCUT2D eigenvalue weighted by Crippen LogP contribution is -2.27. The number of hydrogen-bond donors (Lipinski definition) is 1. The van der Waals surface area contributed by atoms with Gasteiger partial charge in [-0.25, -0.2) is 23.4 Å². The molecule has 0 aliphatic rings. The van der Waals surface area contributed by atoms with Crippen molar-refractivity contribution in [2.45, 2.75) is 38.3 Å². The van der Waals surface area contributed by atoms with E-state index in [2.05, 4.69) is 25.3 Å². The molecule has 0 aliphatic heterocycles. The molecule has 1 aromatic carbocycles.